The van der Waals surface area contributed by atoms with Crippen LogP contribution in [0.1, 0.15) is 57.9 Å². The molecule has 2 unspecified atom stereocenters. The second-order valence-corrected chi connectivity index (χ2v) is 9.18. The van der Waals surface area contributed by atoms with Crippen LogP contribution < -0.4 is 10.6 Å². The third-order valence-electron chi connectivity index (χ3n) is 6.25. The number of hydrogen-bond acceptors (Lipinski definition) is 2. The second kappa shape index (κ2) is 4.99. The van der Waals surface area contributed by atoms with E-state index < -0.39 is 0 Å². The molecule has 0 saturated heterocycles. The Hall–Kier alpha value is -2.02. The van der Waals surface area contributed by atoms with Gasteiger partial charge in [0, 0.05) is 11.2 Å². The highest BCUT2D eigenvalue weighted by molar-refractivity contribution is 5.90. The van der Waals surface area contributed by atoms with Crippen molar-refractivity contribution < 1.29 is 4.79 Å². The van der Waals surface area contributed by atoms with Gasteiger partial charge in [-0.2, -0.15) is 5.26 Å². The Labute approximate surface area is 143 Å². The molecular formula is C20H25N3O. The molecule has 0 heterocycles. The molecule has 4 aliphatic carbocycles. The minimum Gasteiger partial charge on any atom is -0.332 e. The Bertz CT molecular complexity index is 717. The molecule has 126 valence electrons. The fourth-order valence-corrected chi connectivity index (χ4v) is 6.66. The van der Waals surface area contributed by atoms with Crippen LogP contribution in [0.3, 0.4) is 0 Å². The van der Waals surface area contributed by atoms with E-state index in [4.69, 9.17) is 5.26 Å². The van der Waals surface area contributed by atoms with E-state index in [0.717, 1.165) is 25.2 Å². The predicted molar refractivity (Wildman–Crippen MR) is 93.4 cm³/mol. The van der Waals surface area contributed by atoms with Crippen LogP contribution in [0.2, 0.25) is 0 Å². The molecule has 0 spiro atoms. The lowest BCUT2D eigenvalue weighted by atomic mass is 9.43. The number of carbonyl (C=O) groups excluding carboxylic acids is 1. The first-order valence-electron chi connectivity index (χ1n) is 8.91. The van der Waals surface area contributed by atoms with Crippen LogP contribution in [0.5, 0.6) is 0 Å². The summed E-state index contributed by atoms with van der Waals surface area (Å²) in [7, 11) is 0. The number of anilines is 1. The molecule has 0 aliphatic heterocycles. The normalized spacial score (nSPS) is 39.3. The van der Waals surface area contributed by atoms with Gasteiger partial charge >= 0.3 is 6.03 Å². The lowest BCUT2D eigenvalue weighted by molar-refractivity contribution is -0.113. The van der Waals surface area contributed by atoms with E-state index in [1.54, 1.807) is 18.2 Å². The quantitative estimate of drug-likeness (QED) is 0.845. The number of amides is 2. The third-order valence-corrected chi connectivity index (χ3v) is 6.25. The summed E-state index contributed by atoms with van der Waals surface area (Å²) in [5.74, 6) is 0.749. The van der Waals surface area contributed by atoms with Crippen LogP contribution in [0.25, 0.3) is 0 Å². The minimum atomic E-state index is -0.140. The molecule has 0 radical (unpaired) electrons. The number of carbonyl (C=O) groups is 1. The van der Waals surface area contributed by atoms with E-state index in [1.807, 2.05) is 6.07 Å². The smallest absolute Gasteiger partial charge is 0.319 e. The van der Waals surface area contributed by atoms with Crippen LogP contribution in [-0.4, -0.2) is 11.6 Å². The Kier molecular flexibility index (Phi) is 3.22. The van der Waals surface area contributed by atoms with E-state index in [-0.39, 0.29) is 11.6 Å². The molecule has 4 saturated carbocycles. The highest BCUT2D eigenvalue weighted by atomic mass is 16.2. The van der Waals surface area contributed by atoms with Gasteiger partial charge in [-0.3, -0.25) is 0 Å². The van der Waals surface area contributed by atoms with Crippen molar-refractivity contribution in [2.75, 3.05) is 5.32 Å². The average molecular weight is 323 g/mol. The zero-order chi connectivity index (χ0) is 17.0. The second-order valence-electron chi connectivity index (χ2n) is 9.18. The maximum Gasteiger partial charge on any atom is 0.319 e. The summed E-state index contributed by atoms with van der Waals surface area (Å²) >= 11 is 0. The average Bonchev–Trinajstić information content (AvgIpc) is 2.42. The fourth-order valence-electron chi connectivity index (χ4n) is 6.66. The van der Waals surface area contributed by atoms with Crippen LogP contribution in [0, 0.1) is 28.1 Å². The van der Waals surface area contributed by atoms with E-state index in [1.165, 1.54) is 19.3 Å². The van der Waals surface area contributed by atoms with Gasteiger partial charge in [-0.25, -0.2) is 4.79 Å². The van der Waals surface area contributed by atoms with Crippen molar-refractivity contribution in [3.63, 3.8) is 0 Å². The first-order valence-corrected chi connectivity index (χ1v) is 8.91. The van der Waals surface area contributed by atoms with Gasteiger partial charge in [0.05, 0.1) is 11.6 Å². The summed E-state index contributed by atoms with van der Waals surface area (Å²) in [5, 5.41) is 15.2. The summed E-state index contributed by atoms with van der Waals surface area (Å²) in [4.78, 5) is 12.6. The van der Waals surface area contributed by atoms with Crippen molar-refractivity contribution in [3.8, 4) is 6.07 Å². The standard InChI is InChI=1S/C20H25N3O/c1-18-7-15-8-19(2,11-18)13-20(9-15,12-18)23-17(24)22-16-5-3-4-14(6-16)10-21/h3-6,15H,7-9,11-13H2,1-2H3,(H2,22,23,24). The summed E-state index contributed by atoms with van der Waals surface area (Å²) < 4.78 is 0. The van der Waals surface area contributed by atoms with Crippen molar-refractivity contribution in [2.45, 2.75) is 57.9 Å². The summed E-state index contributed by atoms with van der Waals surface area (Å²) in [6, 6.07) is 9.03. The molecule has 4 bridgehead atoms. The molecule has 4 aliphatic rings. The van der Waals surface area contributed by atoms with Gasteiger partial charge in [-0.1, -0.05) is 19.9 Å². The van der Waals surface area contributed by atoms with Gasteiger partial charge in [0.15, 0.2) is 0 Å². The SMILES string of the molecule is CC12CC3CC(C)(C1)CC(NC(=O)Nc1cccc(C#N)c1)(C3)C2. The summed E-state index contributed by atoms with van der Waals surface area (Å²) in [5.41, 5.74) is 1.93. The maximum atomic E-state index is 12.6. The molecule has 4 fully saturated rings. The van der Waals surface area contributed by atoms with Crippen LogP contribution in [0.4, 0.5) is 10.5 Å². The molecular weight excluding hydrogens is 298 g/mol. The van der Waals surface area contributed by atoms with E-state index in [2.05, 4.69) is 30.6 Å². The molecule has 2 amide bonds. The van der Waals surface area contributed by atoms with Gasteiger partial charge in [0.2, 0.25) is 0 Å². The lowest BCUT2D eigenvalue weighted by Gasteiger charge is -2.65. The van der Waals surface area contributed by atoms with Crippen molar-refractivity contribution in [1.29, 1.82) is 5.26 Å². The first kappa shape index (κ1) is 15.5. The molecule has 4 heteroatoms. The number of rotatable bonds is 2. The highest BCUT2D eigenvalue weighted by Gasteiger charge is 2.60. The van der Waals surface area contributed by atoms with Crippen molar-refractivity contribution in [2.24, 2.45) is 16.7 Å². The first-order chi connectivity index (χ1) is 11.3. The predicted octanol–water partition coefficient (Wildman–Crippen LogP) is 4.43. The van der Waals surface area contributed by atoms with Gasteiger partial charge in [0.1, 0.15) is 0 Å². The number of nitriles is 1. The Morgan fingerprint density at radius 2 is 1.88 bits per heavy atom. The largest absolute Gasteiger partial charge is 0.332 e. The molecule has 5 rings (SSSR count). The number of benzene rings is 1. The number of nitrogens with one attached hydrogen (secondary N) is 2. The van der Waals surface area contributed by atoms with Crippen molar-refractivity contribution in [1.82, 2.24) is 5.32 Å². The lowest BCUT2D eigenvalue weighted by Crippen LogP contribution is -2.65. The Morgan fingerprint density at radius 1 is 1.17 bits per heavy atom. The van der Waals surface area contributed by atoms with Gasteiger partial charge in [0.25, 0.3) is 0 Å². The van der Waals surface area contributed by atoms with Crippen LogP contribution >= 0.6 is 0 Å². The maximum absolute atomic E-state index is 12.6. The zero-order valence-corrected chi connectivity index (χ0v) is 14.5. The number of urea groups is 1. The third kappa shape index (κ3) is 2.66. The number of nitrogens with zero attached hydrogens (tertiary/aromatic N) is 1. The molecule has 2 N–H and O–H groups in total. The highest BCUT2D eigenvalue weighted by Crippen LogP contribution is 2.66. The topological polar surface area (TPSA) is 64.9 Å². The number of hydrogen-bond donors (Lipinski definition) is 2. The molecule has 2 atom stereocenters. The molecule has 1 aromatic carbocycles. The van der Waals surface area contributed by atoms with Crippen LogP contribution in [-0.2, 0) is 0 Å². The molecule has 4 nitrogen and oxygen atoms in total. The van der Waals surface area contributed by atoms with Gasteiger partial charge < -0.3 is 10.6 Å². The Morgan fingerprint density at radius 3 is 2.50 bits per heavy atom. The van der Waals surface area contributed by atoms with Crippen LogP contribution in [0.15, 0.2) is 24.3 Å². The molecule has 1 aromatic rings. The van der Waals surface area contributed by atoms with Gasteiger partial charge in [-0.05, 0) is 73.5 Å². The van der Waals surface area contributed by atoms with Gasteiger partial charge in [-0.15, -0.1) is 0 Å². The summed E-state index contributed by atoms with van der Waals surface area (Å²) in [6.07, 6.45) is 7.24. The molecule has 0 aromatic heterocycles. The van der Waals surface area contributed by atoms with Crippen molar-refractivity contribution >= 4 is 11.7 Å². The van der Waals surface area contributed by atoms with E-state index in [9.17, 15) is 4.79 Å². The monoisotopic (exact) mass is 323 g/mol. The Balaban J connectivity index is 1.50. The zero-order valence-electron chi connectivity index (χ0n) is 14.5. The minimum absolute atomic E-state index is 0.0557. The van der Waals surface area contributed by atoms with Crippen molar-refractivity contribution in [3.05, 3.63) is 29.8 Å². The summed E-state index contributed by atoms with van der Waals surface area (Å²) in [6.45, 7) is 4.81. The molecule has 24 heavy (non-hydrogen) atoms. The van der Waals surface area contributed by atoms with E-state index in [0.29, 0.717) is 22.1 Å². The fraction of sp³-hybridized carbons (Fsp3) is 0.600. The van der Waals surface area contributed by atoms with E-state index >= 15 is 0 Å².